The van der Waals surface area contributed by atoms with Crippen molar-refractivity contribution in [1.82, 2.24) is 9.80 Å². The first-order chi connectivity index (χ1) is 13.8. The molecule has 1 N–H and O–H groups in total. The van der Waals surface area contributed by atoms with Gasteiger partial charge in [0.05, 0.1) is 11.6 Å². The molecule has 0 radical (unpaired) electrons. The summed E-state index contributed by atoms with van der Waals surface area (Å²) in [5.41, 5.74) is 3.40. The van der Waals surface area contributed by atoms with Crippen LogP contribution in [0, 0.1) is 11.3 Å². The zero-order valence-electron chi connectivity index (χ0n) is 16.6. The van der Waals surface area contributed by atoms with Crippen molar-refractivity contribution in [3.63, 3.8) is 0 Å². The standard InChI is InChI=1S/C22H22N4O3/c1-14(27)24-19-9-8-17-11-20(22(29)25(2)3)26(13-18(17)10-19)21(28)16-6-4-15(12-23)5-7-16/h4-10,20H,11,13H2,1-3H3,(H,24,27). The van der Waals surface area contributed by atoms with Crippen molar-refractivity contribution in [2.45, 2.75) is 25.9 Å². The molecule has 148 valence electrons. The van der Waals surface area contributed by atoms with Crippen LogP contribution in [0.1, 0.15) is 34.0 Å². The number of carbonyl (C=O) groups is 3. The molecule has 3 rings (SSSR count). The van der Waals surface area contributed by atoms with Gasteiger partial charge < -0.3 is 15.1 Å². The molecule has 1 aliphatic heterocycles. The molecule has 1 atom stereocenters. The highest BCUT2D eigenvalue weighted by molar-refractivity contribution is 5.98. The second-order valence-electron chi connectivity index (χ2n) is 7.24. The fourth-order valence-electron chi connectivity index (χ4n) is 3.45. The number of anilines is 1. The summed E-state index contributed by atoms with van der Waals surface area (Å²) in [6, 6.07) is 13.3. The Balaban J connectivity index is 1.97. The maximum atomic E-state index is 13.2. The molecule has 7 heteroatoms. The summed E-state index contributed by atoms with van der Waals surface area (Å²) < 4.78 is 0. The van der Waals surface area contributed by atoms with E-state index in [2.05, 4.69) is 5.32 Å². The summed E-state index contributed by atoms with van der Waals surface area (Å²) in [5, 5.41) is 11.7. The monoisotopic (exact) mass is 390 g/mol. The molecule has 0 aromatic heterocycles. The van der Waals surface area contributed by atoms with Crippen LogP contribution >= 0.6 is 0 Å². The van der Waals surface area contributed by atoms with Gasteiger partial charge in [-0.3, -0.25) is 14.4 Å². The highest BCUT2D eigenvalue weighted by Gasteiger charge is 2.36. The lowest BCUT2D eigenvalue weighted by molar-refractivity contribution is -0.134. The zero-order chi connectivity index (χ0) is 21.1. The summed E-state index contributed by atoms with van der Waals surface area (Å²) in [7, 11) is 3.34. The Morgan fingerprint density at radius 3 is 2.38 bits per heavy atom. The van der Waals surface area contributed by atoms with Gasteiger partial charge >= 0.3 is 0 Å². The van der Waals surface area contributed by atoms with Gasteiger partial charge in [-0.15, -0.1) is 0 Å². The topological polar surface area (TPSA) is 93.5 Å². The van der Waals surface area contributed by atoms with E-state index < -0.39 is 6.04 Å². The number of nitrogens with zero attached hydrogens (tertiary/aromatic N) is 3. The van der Waals surface area contributed by atoms with Crippen molar-refractivity contribution < 1.29 is 14.4 Å². The minimum Gasteiger partial charge on any atom is -0.347 e. The number of amides is 3. The van der Waals surface area contributed by atoms with E-state index in [1.165, 1.54) is 11.8 Å². The molecule has 0 saturated heterocycles. The summed E-state index contributed by atoms with van der Waals surface area (Å²) in [4.78, 5) is 40.4. The van der Waals surface area contributed by atoms with Crippen molar-refractivity contribution in [3.05, 3.63) is 64.7 Å². The van der Waals surface area contributed by atoms with Gasteiger partial charge in [0.25, 0.3) is 5.91 Å². The van der Waals surface area contributed by atoms with E-state index in [-0.39, 0.29) is 24.3 Å². The molecule has 3 amide bonds. The van der Waals surface area contributed by atoms with E-state index in [9.17, 15) is 14.4 Å². The smallest absolute Gasteiger partial charge is 0.254 e. The maximum Gasteiger partial charge on any atom is 0.254 e. The van der Waals surface area contributed by atoms with Gasteiger partial charge in [-0.25, -0.2) is 0 Å². The van der Waals surface area contributed by atoms with Gasteiger partial charge in [-0.1, -0.05) is 6.07 Å². The van der Waals surface area contributed by atoms with E-state index in [1.807, 2.05) is 18.2 Å². The number of hydrogen-bond acceptors (Lipinski definition) is 4. The minimum absolute atomic E-state index is 0.149. The Labute approximate surface area is 169 Å². The number of benzene rings is 2. The lowest BCUT2D eigenvalue weighted by Gasteiger charge is -2.37. The summed E-state index contributed by atoms with van der Waals surface area (Å²) in [5.74, 6) is -0.596. The predicted molar refractivity (Wildman–Crippen MR) is 108 cm³/mol. The molecular weight excluding hydrogens is 368 g/mol. The van der Waals surface area contributed by atoms with Crippen molar-refractivity contribution in [2.24, 2.45) is 0 Å². The average Bonchev–Trinajstić information content (AvgIpc) is 2.71. The molecule has 7 nitrogen and oxygen atoms in total. The Morgan fingerprint density at radius 2 is 1.79 bits per heavy atom. The van der Waals surface area contributed by atoms with Crippen LogP contribution in [-0.4, -0.2) is 47.7 Å². The third kappa shape index (κ3) is 4.27. The Kier molecular flexibility index (Phi) is 5.64. The van der Waals surface area contributed by atoms with Gasteiger partial charge in [-0.05, 0) is 47.5 Å². The van der Waals surface area contributed by atoms with E-state index in [4.69, 9.17) is 5.26 Å². The summed E-state index contributed by atoms with van der Waals surface area (Å²) in [6.07, 6.45) is 0.398. The molecule has 0 saturated carbocycles. The van der Waals surface area contributed by atoms with Crippen LogP contribution in [0.3, 0.4) is 0 Å². The number of carbonyl (C=O) groups excluding carboxylic acids is 3. The van der Waals surface area contributed by atoms with Crippen LogP contribution in [0.15, 0.2) is 42.5 Å². The Morgan fingerprint density at radius 1 is 1.10 bits per heavy atom. The van der Waals surface area contributed by atoms with Crippen LogP contribution in [0.5, 0.6) is 0 Å². The predicted octanol–water partition coefficient (Wildman–Crippen LogP) is 2.17. The Bertz CT molecular complexity index is 1010. The zero-order valence-corrected chi connectivity index (χ0v) is 16.6. The first kappa shape index (κ1) is 20.1. The molecule has 29 heavy (non-hydrogen) atoms. The van der Waals surface area contributed by atoms with Crippen molar-refractivity contribution in [2.75, 3.05) is 19.4 Å². The molecule has 1 aliphatic rings. The van der Waals surface area contributed by atoms with E-state index >= 15 is 0 Å². The van der Waals surface area contributed by atoms with Crippen LogP contribution in [0.4, 0.5) is 5.69 Å². The molecule has 0 aliphatic carbocycles. The van der Waals surface area contributed by atoms with Crippen LogP contribution in [0.25, 0.3) is 0 Å². The van der Waals surface area contributed by atoms with Gasteiger partial charge in [0.2, 0.25) is 11.8 Å². The fraction of sp³-hybridized carbons (Fsp3) is 0.273. The molecule has 1 unspecified atom stereocenters. The number of fused-ring (bicyclic) bond motifs is 1. The second-order valence-corrected chi connectivity index (χ2v) is 7.24. The number of hydrogen-bond donors (Lipinski definition) is 1. The fourth-order valence-corrected chi connectivity index (χ4v) is 3.45. The molecule has 1 heterocycles. The van der Waals surface area contributed by atoms with Crippen LogP contribution in [-0.2, 0) is 22.6 Å². The first-order valence-corrected chi connectivity index (χ1v) is 9.22. The average molecular weight is 390 g/mol. The largest absolute Gasteiger partial charge is 0.347 e. The molecular formula is C22H22N4O3. The minimum atomic E-state index is -0.618. The summed E-state index contributed by atoms with van der Waals surface area (Å²) in [6.45, 7) is 1.69. The normalized spacial score (nSPS) is 15.1. The van der Waals surface area contributed by atoms with Crippen molar-refractivity contribution >= 4 is 23.4 Å². The van der Waals surface area contributed by atoms with E-state index in [0.717, 1.165) is 11.1 Å². The molecule has 0 bridgehead atoms. The molecule has 0 fully saturated rings. The van der Waals surface area contributed by atoms with Gasteiger partial charge in [0, 0.05) is 45.2 Å². The van der Waals surface area contributed by atoms with Crippen LogP contribution in [0.2, 0.25) is 0 Å². The molecule has 0 spiro atoms. The third-order valence-corrected chi connectivity index (χ3v) is 4.90. The molecule has 2 aromatic rings. The Hall–Kier alpha value is -3.66. The number of nitriles is 1. The van der Waals surface area contributed by atoms with Gasteiger partial charge in [0.1, 0.15) is 6.04 Å². The number of rotatable bonds is 3. The van der Waals surface area contributed by atoms with Gasteiger partial charge in [0.15, 0.2) is 0 Å². The van der Waals surface area contributed by atoms with Gasteiger partial charge in [-0.2, -0.15) is 5.26 Å². The lowest BCUT2D eigenvalue weighted by atomic mass is 9.92. The quantitative estimate of drug-likeness (QED) is 0.869. The SMILES string of the molecule is CC(=O)Nc1ccc2c(c1)CN(C(=O)c1ccc(C#N)cc1)C(C(=O)N(C)C)C2. The molecule has 2 aromatic carbocycles. The first-order valence-electron chi connectivity index (χ1n) is 9.22. The number of likely N-dealkylation sites (N-methyl/N-ethyl adjacent to an activating group) is 1. The third-order valence-electron chi connectivity index (χ3n) is 4.90. The highest BCUT2D eigenvalue weighted by Crippen LogP contribution is 2.28. The highest BCUT2D eigenvalue weighted by atomic mass is 16.2. The lowest BCUT2D eigenvalue weighted by Crippen LogP contribution is -2.52. The van der Waals surface area contributed by atoms with Crippen molar-refractivity contribution in [3.8, 4) is 6.07 Å². The van der Waals surface area contributed by atoms with Crippen LogP contribution < -0.4 is 5.32 Å². The summed E-state index contributed by atoms with van der Waals surface area (Å²) >= 11 is 0. The van der Waals surface area contributed by atoms with E-state index in [0.29, 0.717) is 23.2 Å². The number of nitrogens with one attached hydrogen (secondary N) is 1. The van der Waals surface area contributed by atoms with E-state index in [1.54, 1.807) is 49.3 Å². The maximum absolute atomic E-state index is 13.2. The second kappa shape index (κ2) is 8.15. The van der Waals surface area contributed by atoms with Crippen molar-refractivity contribution in [1.29, 1.82) is 5.26 Å².